The van der Waals surface area contributed by atoms with Crippen molar-refractivity contribution in [1.29, 1.82) is 0 Å². The van der Waals surface area contributed by atoms with Crippen molar-refractivity contribution in [2.24, 2.45) is 11.3 Å². The molecule has 1 heterocycles. The summed E-state index contributed by atoms with van der Waals surface area (Å²) in [5, 5.41) is 0. The average molecular weight is 265 g/mol. The summed E-state index contributed by atoms with van der Waals surface area (Å²) in [4.78, 5) is 0. The van der Waals surface area contributed by atoms with Crippen LogP contribution in [0, 0.1) is 11.3 Å². The van der Waals surface area contributed by atoms with Crippen LogP contribution in [0.15, 0.2) is 0 Å². The van der Waals surface area contributed by atoms with Gasteiger partial charge in [-0.3, -0.25) is 0 Å². The Morgan fingerprint density at radius 1 is 1.00 bits per heavy atom. The number of rotatable bonds is 5. The van der Waals surface area contributed by atoms with Gasteiger partial charge in [0.2, 0.25) is 0 Å². The first-order chi connectivity index (χ1) is 7.80. The van der Waals surface area contributed by atoms with Crippen molar-refractivity contribution in [2.45, 2.75) is 51.0 Å². The maximum atomic E-state index is 6.24. The van der Waals surface area contributed by atoms with E-state index < -0.39 is 0 Å². The van der Waals surface area contributed by atoms with E-state index in [1.807, 2.05) is 0 Å². The topological polar surface area (TPSA) is 9.23 Å². The van der Waals surface area contributed by atoms with Crippen LogP contribution in [0.2, 0.25) is 0 Å². The van der Waals surface area contributed by atoms with Crippen LogP contribution in [0.1, 0.15) is 44.9 Å². The van der Waals surface area contributed by atoms with Crippen LogP contribution in [0.3, 0.4) is 0 Å². The number of hydrogen-bond acceptors (Lipinski definition) is 1. The van der Waals surface area contributed by atoms with Crippen LogP contribution in [-0.4, -0.2) is 24.5 Å². The fourth-order valence-corrected chi connectivity index (χ4v) is 4.27. The van der Waals surface area contributed by atoms with Gasteiger partial charge in [-0.2, -0.15) is 0 Å². The van der Waals surface area contributed by atoms with Crippen molar-refractivity contribution in [3.63, 3.8) is 0 Å². The number of hydrogen-bond donors (Lipinski definition) is 0. The van der Waals surface area contributed by atoms with Gasteiger partial charge in [-0.05, 0) is 38.0 Å². The SMILES string of the molecule is ClCC(CCl)(CC1CCCO1)C1CCCC1. The number of ether oxygens (including phenoxy) is 1. The zero-order chi connectivity index (χ0) is 11.4. The molecule has 1 saturated heterocycles. The zero-order valence-electron chi connectivity index (χ0n) is 9.89. The Morgan fingerprint density at radius 2 is 1.69 bits per heavy atom. The smallest absolute Gasteiger partial charge is 0.0582 e. The van der Waals surface area contributed by atoms with Crippen molar-refractivity contribution >= 4 is 23.2 Å². The molecule has 1 aliphatic carbocycles. The summed E-state index contributed by atoms with van der Waals surface area (Å²) in [6.45, 7) is 0.927. The molecule has 2 aliphatic rings. The Hall–Kier alpha value is 0.540. The number of halogens is 2. The van der Waals surface area contributed by atoms with E-state index in [0.717, 1.165) is 18.9 Å². The second-order valence-corrected chi connectivity index (χ2v) is 5.98. The minimum absolute atomic E-state index is 0.134. The van der Waals surface area contributed by atoms with E-state index in [-0.39, 0.29) is 5.41 Å². The molecule has 1 saturated carbocycles. The molecule has 2 rings (SSSR count). The summed E-state index contributed by atoms with van der Waals surface area (Å²) in [6.07, 6.45) is 9.22. The van der Waals surface area contributed by atoms with E-state index in [9.17, 15) is 0 Å². The molecule has 1 atom stereocenters. The summed E-state index contributed by atoms with van der Waals surface area (Å²) in [6, 6.07) is 0. The van der Waals surface area contributed by atoms with Crippen LogP contribution in [0.25, 0.3) is 0 Å². The fourth-order valence-electron chi connectivity index (χ4n) is 3.33. The van der Waals surface area contributed by atoms with Crippen LogP contribution in [0.5, 0.6) is 0 Å². The minimum Gasteiger partial charge on any atom is -0.378 e. The Balaban J connectivity index is 2.00. The van der Waals surface area contributed by atoms with Gasteiger partial charge in [0.05, 0.1) is 6.10 Å². The van der Waals surface area contributed by atoms with E-state index in [0.29, 0.717) is 17.9 Å². The van der Waals surface area contributed by atoms with E-state index in [4.69, 9.17) is 27.9 Å². The molecule has 0 radical (unpaired) electrons. The van der Waals surface area contributed by atoms with Gasteiger partial charge < -0.3 is 4.74 Å². The summed E-state index contributed by atoms with van der Waals surface area (Å²) in [5.41, 5.74) is 0.134. The third kappa shape index (κ3) is 2.68. The van der Waals surface area contributed by atoms with Gasteiger partial charge in [-0.25, -0.2) is 0 Å². The zero-order valence-corrected chi connectivity index (χ0v) is 11.4. The van der Waals surface area contributed by atoms with Gasteiger partial charge in [0.15, 0.2) is 0 Å². The molecule has 0 N–H and O–H groups in total. The lowest BCUT2D eigenvalue weighted by atomic mass is 9.73. The Labute approximate surface area is 109 Å². The van der Waals surface area contributed by atoms with Crippen LogP contribution in [0.4, 0.5) is 0 Å². The maximum Gasteiger partial charge on any atom is 0.0582 e. The third-order valence-electron chi connectivity index (χ3n) is 4.41. The van der Waals surface area contributed by atoms with E-state index in [1.54, 1.807) is 0 Å². The molecule has 1 nitrogen and oxygen atoms in total. The average Bonchev–Trinajstić information content (AvgIpc) is 2.99. The molecule has 0 aromatic carbocycles. The highest BCUT2D eigenvalue weighted by atomic mass is 35.5. The molecular weight excluding hydrogens is 243 g/mol. The van der Waals surface area contributed by atoms with Crippen molar-refractivity contribution < 1.29 is 4.74 Å². The predicted octanol–water partition coefficient (Wildman–Crippen LogP) is 4.21. The van der Waals surface area contributed by atoms with Gasteiger partial charge >= 0.3 is 0 Å². The minimum atomic E-state index is 0.134. The highest BCUT2D eigenvalue weighted by Gasteiger charge is 2.41. The Morgan fingerprint density at radius 3 is 2.19 bits per heavy atom. The van der Waals surface area contributed by atoms with E-state index >= 15 is 0 Å². The third-order valence-corrected chi connectivity index (χ3v) is 5.48. The number of alkyl halides is 2. The van der Waals surface area contributed by atoms with Crippen LogP contribution < -0.4 is 0 Å². The van der Waals surface area contributed by atoms with Crippen LogP contribution in [-0.2, 0) is 4.74 Å². The van der Waals surface area contributed by atoms with Crippen LogP contribution >= 0.6 is 23.2 Å². The van der Waals surface area contributed by atoms with Gasteiger partial charge in [0.1, 0.15) is 0 Å². The molecule has 0 amide bonds. The molecule has 1 unspecified atom stereocenters. The van der Waals surface area contributed by atoms with Gasteiger partial charge in [0.25, 0.3) is 0 Å². The fraction of sp³-hybridized carbons (Fsp3) is 1.00. The highest BCUT2D eigenvalue weighted by molar-refractivity contribution is 6.21. The molecule has 16 heavy (non-hydrogen) atoms. The summed E-state index contributed by atoms with van der Waals surface area (Å²) in [7, 11) is 0. The molecule has 2 fully saturated rings. The standard InChI is InChI=1S/C13H22Cl2O/c14-9-13(10-15,11-4-1-2-5-11)8-12-6-3-7-16-12/h11-12H,1-10H2. The molecule has 0 aromatic heterocycles. The van der Waals surface area contributed by atoms with Crippen molar-refractivity contribution in [3.8, 4) is 0 Å². The molecule has 0 aromatic rings. The van der Waals surface area contributed by atoms with Gasteiger partial charge in [-0.1, -0.05) is 12.8 Å². The second-order valence-electron chi connectivity index (χ2n) is 5.45. The first-order valence-electron chi connectivity index (χ1n) is 6.54. The summed E-state index contributed by atoms with van der Waals surface area (Å²) >= 11 is 12.5. The normalized spacial score (nSPS) is 27.8. The lowest BCUT2D eigenvalue weighted by molar-refractivity contribution is 0.0535. The molecular formula is C13H22Cl2O. The van der Waals surface area contributed by atoms with Crippen molar-refractivity contribution in [3.05, 3.63) is 0 Å². The van der Waals surface area contributed by atoms with E-state index in [2.05, 4.69) is 0 Å². The predicted molar refractivity (Wildman–Crippen MR) is 69.4 cm³/mol. The molecule has 0 spiro atoms. The van der Waals surface area contributed by atoms with Crippen molar-refractivity contribution in [2.75, 3.05) is 18.4 Å². The second kappa shape index (κ2) is 5.93. The van der Waals surface area contributed by atoms with E-state index in [1.165, 1.54) is 38.5 Å². The van der Waals surface area contributed by atoms with Crippen molar-refractivity contribution in [1.82, 2.24) is 0 Å². The molecule has 3 heteroatoms. The van der Waals surface area contributed by atoms with Gasteiger partial charge in [-0.15, -0.1) is 23.2 Å². The monoisotopic (exact) mass is 264 g/mol. The highest BCUT2D eigenvalue weighted by Crippen LogP contribution is 2.46. The summed E-state index contributed by atoms with van der Waals surface area (Å²) in [5.74, 6) is 2.12. The summed E-state index contributed by atoms with van der Waals surface area (Å²) < 4.78 is 5.75. The molecule has 1 aliphatic heterocycles. The lowest BCUT2D eigenvalue weighted by Crippen LogP contribution is -2.36. The Bertz CT molecular complexity index is 204. The molecule has 94 valence electrons. The van der Waals surface area contributed by atoms with Gasteiger partial charge in [0, 0.05) is 23.8 Å². The lowest BCUT2D eigenvalue weighted by Gasteiger charge is -2.37. The quantitative estimate of drug-likeness (QED) is 0.676. The largest absolute Gasteiger partial charge is 0.378 e. The first-order valence-corrected chi connectivity index (χ1v) is 7.61. The maximum absolute atomic E-state index is 6.24. The molecule has 0 bridgehead atoms. The Kier molecular flexibility index (Phi) is 4.81. The first kappa shape index (κ1) is 13.0.